The van der Waals surface area contributed by atoms with Gasteiger partial charge in [-0.2, -0.15) is 0 Å². The lowest BCUT2D eigenvalue weighted by molar-refractivity contribution is 0.0509. The fourth-order valence-electron chi connectivity index (χ4n) is 2.15. The summed E-state index contributed by atoms with van der Waals surface area (Å²) in [5.74, 6) is 1.01. The first kappa shape index (κ1) is 14.3. The fourth-order valence-corrected chi connectivity index (χ4v) is 2.41. The molecule has 4 heteroatoms. The highest BCUT2D eigenvalue weighted by atomic mass is 79.9. The number of benzene rings is 1. The van der Waals surface area contributed by atoms with Crippen LogP contribution in [0.2, 0.25) is 0 Å². The molecular formula is C15H19BrN2O. The monoisotopic (exact) mass is 322 g/mol. The smallest absolute Gasteiger partial charge is 0.108 e. The van der Waals surface area contributed by atoms with Crippen molar-refractivity contribution in [3.63, 3.8) is 0 Å². The summed E-state index contributed by atoms with van der Waals surface area (Å²) in [5, 5.41) is 10.5. The van der Waals surface area contributed by atoms with Crippen molar-refractivity contribution in [2.45, 2.75) is 31.8 Å². The molecule has 102 valence electrons. The lowest BCUT2D eigenvalue weighted by Gasteiger charge is -2.23. The Bertz CT molecular complexity index is 531. The fraction of sp³-hybridized carbons (Fsp3) is 0.400. The molecule has 0 fully saturated rings. The van der Waals surface area contributed by atoms with E-state index >= 15 is 0 Å². The molecule has 0 aliphatic carbocycles. The van der Waals surface area contributed by atoms with Crippen LogP contribution in [0, 0.1) is 0 Å². The molecule has 2 aromatic rings. The van der Waals surface area contributed by atoms with E-state index in [0.717, 1.165) is 22.3 Å². The van der Waals surface area contributed by atoms with Crippen LogP contribution in [-0.2, 0) is 19.9 Å². The molecule has 1 aromatic heterocycles. The van der Waals surface area contributed by atoms with Gasteiger partial charge in [-0.3, -0.25) is 0 Å². The zero-order chi connectivity index (χ0) is 13.9. The Kier molecular flexibility index (Phi) is 4.42. The molecule has 1 N–H and O–H groups in total. The van der Waals surface area contributed by atoms with Gasteiger partial charge in [0.2, 0.25) is 0 Å². The minimum atomic E-state index is -0.709. The lowest BCUT2D eigenvalue weighted by Crippen LogP contribution is -2.28. The topological polar surface area (TPSA) is 38.0 Å². The summed E-state index contributed by atoms with van der Waals surface area (Å²) in [4.78, 5) is 4.28. The first-order valence-electron chi connectivity index (χ1n) is 6.39. The predicted molar refractivity (Wildman–Crippen MR) is 80.0 cm³/mol. The van der Waals surface area contributed by atoms with Crippen LogP contribution in [0.1, 0.15) is 24.7 Å². The number of aromatic nitrogens is 2. The Morgan fingerprint density at radius 3 is 2.58 bits per heavy atom. The maximum atomic E-state index is 10.5. The van der Waals surface area contributed by atoms with Gasteiger partial charge in [0, 0.05) is 36.8 Å². The average Bonchev–Trinajstić information content (AvgIpc) is 2.75. The van der Waals surface area contributed by atoms with Crippen LogP contribution in [0.4, 0.5) is 0 Å². The summed E-state index contributed by atoms with van der Waals surface area (Å²) in [6.07, 6.45) is 5.86. The summed E-state index contributed by atoms with van der Waals surface area (Å²) < 4.78 is 3.05. The van der Waals surface area contributed by atoms with E-state index in [-0.39, 0.29) is 0 Å². The number of rotatable bonds is 5. The number of imidazole rings is 1. The number of nitrogens with zero attached hydrogens (tertiary/aromatic N) is 2. The maximum Gasteiger partial charge on any atom is 0.108 e. The highest BCUT2D eigenvalue weighted by molar-refractivity contribution is 9.10. The molecule has 0 saturated heterocycles. The predicted octanol–water partition coefficient (Wildman–Crippen LogP) is 3.11. The molecule has 2 rings (SSSR count). The number of aryl methyl sites for hydroxylation is 2. The van der Waals surface area contributed by atoms with E-state index in [1.165, 1.54) is 0 Å². The van der Waals surface area contributed by atoms with Crippen molar-refractivity contribution >= 4 is 15.9 Å². The van der Waals surface area contributed by atoms with Gasteiger partial charge in [-0.25, -0.2) is 4.98 Å². The largest absolute Gasteiger partial charge is 0.390 e. The number of hydrogen-bond donors (Lipinski definition) is 1. The van der Waals surface area contributed by atoms with Crippen LogP contribution in [-0.4, -0.2) is 20.3 Å². The van der Waals surface area contributed by atoms with Crippen molar-refractivity contribution in [3.8, 4) is 0 Å². The number of aliphatic hydroxyl groups is 1. The third-order valence-corrected chi connectivity index (χ3v) is 3.84. The molecule has 0 radical (unpaired) electrons. The van der Waals surface area contributed by atoms with E-state index in [0.29, 0.717) is 12.8 Å². The Labute approximate surface area is 122 Å². The van der Waals surface area contributed by atoms with E-state index in [4.69, 9.17) is 0 Å². The van der Waals surface area contributed by atoms with Crippen LogP contribution >= 0.6 is 15.9 Å². The van der Waals surface area contributed by atoms with Gasteiger partial charge in [-0.05, 0) is 31.0 Å². The Morgan fingerprint density at radius 1 is 1.32 bits per heavy atom. The molecule has 0 spiro atoms. The minimum absolute atomic E-state index is 0.657. The molecule has 3 nitrogen and oxygen atoms in total. The Balaban J connectivity index is 1.94. The molecule has 0 aliphatic rings. The molecular weight excluding hydrogens is 304 g/mol. The van der Waals surface area contributed by atoms with Crippen LogP contribution in [0.5, 0.6) is 0 Å². The highest BCUT2D eigenvalue weighted by Gasteiger charge is 2.21. The third kappa shape index (κ3) is 4.18. The molecule has 1 aromatic carbocycles. The van der Waals surface area contributed by atoms with Gasteiger partial charge in [-0.1, -0.05) is 28.1 Å². The van der Waals surface area contributed by atoms with Gasteiger partial charge >= 0.3 is 0 Å². The van der Waals surface area contributed by atoms with Crippen LogP contribution in [0.15, 0.2) is 41.1 Å². The van der Waals surface area contributed by atoms with Crippen molar-refractivity contribution in [3.05, 3.63) is 52.5 Å². The number of halogens is 1. The lowest BCUT2D eigenvalue weighted by atomic mass is 9.92. The second-order valence-electron chi connectivity index (χ2n) is 5.25. The summed E-state index contributed by atoms with van der Waals surface area (Å²) in [5.41, 5.74) is 0.438. The third-order valence-electron chi connectivity index (χ3n) is 3.31. The van der Waals surface area contributed by atoms with E-state index in [1.807, 2.05) is 49.0 Å². The Hall–Kier alpha value is -1.13. The average molecular weight is 323 g/mol. The van der Waals surface area contributed by atoms with E-state index < -0.39 is 5.60 Å². The standard InChI is InChI=1S/C15H19BrN2O/c1-15(19,8-7-14-17-9-10-18(14)2)11-12-3-5-13(16)6-4-12/h3-6,9-10,19H,7-8,11H2,1-2H3. The zero-order valence-electron chi connectivity index (χ0n) is 11.3. The van der Waals surface area contributed by atoms with Gasteiger partial charge in [0.1, 0.15) is 5.82 Å². The molecule has 0 bridgehead atoms. The first-order chi connectivity index (χ1) is 8.96. The van der Waals surface area contributed by atoms with Crippen molar-refractivity contribution in [2.75, 3.05) is 0 Å². The zero-order valence-corrected chi connectivity index (χ0v) is 12.9. The summed E-state index contributed by atoms with van der Waals surface area (Å²) in [6.45, 7) is 1.89. The van der Waals surface area contributed by atoms with Crippen molar-refractivity contribution in [1.29, 1.82) is 0 Å². The van der Waals surface area contributed by atoms with Crippen LogP contribution in [0.3, 0.4) is 0 Å². The molecule has 0 saturated carbocycles. The SMILES string of the molecule is Cn1ccnc1CCC(C)(O)Cc1ccc(Br)cc1. The maximum absolute atomic E-state index is 10.5. The summed E-state index contributed by atoms with van der Waals surface area (Å²) in [6, 6.07) is 8.09. The van der Waals surface area contributed by atoms with Gasteiger partial charge in [0.15, 0.2) is 0 Å². The first-order valence-corrected chi connectivity index (χ1v) is 7.19. The normalized spacial score (nSPS) is 14.3. The van der Waals surface area contributed by atoms with Crippen molar-refractivity contribution in [1.82, 2.24) is 9.55 Å². The van der Waals surface area contributed by atoms with Gasteiger partial charge in [-0.15, -0.1) is 0 Å². The van der Waals surface area contributed by atoms with Crippen molar-refractivity contribution < 1.29 is 5.11 Å². The van der Waals surface area contributed by atoms with Crippen LogP contribution in [0.25, 0.3) is 0 Å². The van der Waals surface area contributed by atoms with Crippen molar-refractivity contribution in [2.24, 2.45) is 7.05 Å². The molecule has 0 amide bonds. The second kappa shape index (κ2) is 5.88. The molecule has 1 unspecified atom stereocenters. The minimum Gasteiger partial charge on any atom is -0.390 e. The molecule has 1 atom stereocenters. The number of hydrogen-bond acceptors (Lipinski definition) is 2. The quantitative estimate of drug-likeness (QED) is 0.918. The van der Waals surface area contributed by atoms with E-state index in [1.54, 1.807) is 6.20 Å². The van der Waals surface area contributed by atoms with Gasteiger partial charge in [0.05, 0.1) is 5.60 Å². The molecule has 19 heavy (non-hydrogen) atoms. The highest BCUT2D eigenvalue weighted by Crippen LogP contribution is 2.20. The molecule has 0 aliphatic heterocycles. The van der Waals surface area contributed by atoms with Crippen LogP contribution < -0.4 is 0 Å². The van der Waals surface area contributed by atoms with E-state index in [9.17, 15) is 5.11 Å². The van der Waals surface area contributed by atoms with Gasteiger partial charge < -0.3 is 9.67 Å². The second-order valence-corrected chi connectivity index (χ2v) is 6.17. The van der Waals surface area contributed by atoms with E-state index in [2.05, 4.69) is 20.9 Å². The summed E-state index contributed by atoms with van der Waals surface area (Å²) in [7, 11) is 1.98. The molecule has 1 heterocycles. The van der Waals surface area contributed by atoms with Gasteiger partial charge in [0.25, 0.3) is 0 Å². The summed E-state index contributed by atoms with van der Waals surface area (Å²) >= 11 is 3.42. The Morgan fingerprint density at radius 2 is 2.00 bits per heavy atom.